The van der Waals surface area contributed by atoms with Crippen LogP contribution >= 0.6 is 0 Å². The minimum absolute atomic E-state index is 0. The molecule has 0 rings (SSSR count). The molecule has 0 spiro atoms. The van der Waals surface area contributed by atoms with Crippen molar-refractivity contribution in [2.75, 3.05) is 13.2 Å². The van der Waals surface area contributed by atoms with Crippen molar-refractivity contribution in [3.05, 3.63) is 0 Å². The van der Waals surface area contributed by atoms with Crippen molar-refractivity contribution in [3.63, 3.8) is 0 Å². The van der Waals surface area contributed by atoms with Gasteiger partial charge in [0.05, 0.1) is 13.2 Å². The maximum atomic E-state index is 9.98. The fraction of sp³-hybridized carbons (Fsp3) is 1.00. The smallest absolute Gasteiger partial charge is 0.726 e. The van der Waals surface area contributed by atoms with E-state index in [9.17, 15) is 25.9 Å². The van der Waals surface area contributed by atoms with Gasteiger partial charge in [-0.05, 0) is 12.8 Å². The molecule has 98 valence electrons. The first-order valence-electron chi connectivity index (χ1n) is 4.41. The Hall–Kier alpha value is 0.935. The fourth-order valence-electron chi connectivity index (χ4n) is 0.880. The van der Waals surface area contributed by atoms with Crippen LogP contribution in [0.5, 0.6) is 0 Å². The molecule has 0 aromatic rings. The average Bonchev–Trinajstić information content (AvgIpc) is 2.06. The summed E-state index contributed by atoms with van der Waals surface area (Å²) < 4.78 is 67.7. The van der Waals surface area contributed by atoms with Gasteiger partial charge in [-0.1, -0.05) is 12.8 Å². The summed E-state index contributed by atoms with van der Waals surface area (Å²) in [5, 5.41) is 0. The summed E-state index contributed by atoms with van der Waals surface area (Å²) in [6, 6.07) is 0. The van der Waals surface area contributed by atoms with Crippen LogP contribution in [0.1, 0.15) is 25.7 Å². The predicted octanol–water partition coefficient (Wildman–Crippen LogP) is -6.49. The summed E-state index contributed by atoms with van der Waals surface area (Å²) in [6.07, 6.45) is 1.78. The van der Waals surface area contributed by atoms with Crippen LogP contribution in [0.15, 0.2) is 0 Å². The van der Waals surface area contributed by atoms with E-state index in [0.717, 1.165) is 0 Å². The van der Waals surface area contributed by atoms with Gasteiger partial charge in [-0.3, -0.25) is 8.37 Å². The van der Waals surface area contributed by atoms with Gasteiger partial charge in [-0.25, -0.2) is 16.8 Å². The summed E-state index contributed by atoms with van der Waals surface area (Å²) in [4.78, 5) is 0. The third kappa shape index (κ3) is 22.1. The van der Waals surface area contributed by atoms with E-state index in [2.05, 4.69) is 8.37 Å². The van der Waals surface area contributed by atoms with E-state index < -0.39 is 20.8 Å². The van der Waals surface area contributed by atoms with Crippen molar-refractivity contribution in [2.24, 2.45) is 0 Å². The molecule has 0 fully saturated rings. The second kappa shape index (κ2) is 11.7. The first-order valence-corrected chi connectivity index (χ1v) is 7.08. The summed E-state index contributed by atoms with van der Waals surface area (Å²) in [5.41, 5.74) is 0. The van der Waals surface area contributed by atoms with Crippen LogP contribution < -0.4 is 37.7 Å². The molecule has 0 amide bonds. The van der Waals surface area contributed by atoms with Crippen molar-refractivity contribution in [2.45, 2.75) is 25.7 Å². The van der Waals surface area contributed by atoms with Gasteiger partial charge >= 0.3 is 37.7 Å². The molecule has 0 saturated heterocycles. The summed E-state index contributed by atoms with van der Waals surface area (Å²) in [7, 11) is -9.27. The van der Waals surface area contributed by atoms with Crippen LogP contribution in [0.2, 0.25) is 0 Å². The molecule has 18 heavy (non-hydrogen) atoms. The van der Waals surface area contributed by atoms with Crippen LogP contribution in [0.4, 0.5) is 0 Å². The quantitative estimate of drug-likeness (QED) is 0.177. The van der Waals surface area contributed by atoms with Gasteiger partial charge in [0.2, 0.25) is 20.8 Å². The zero-order valence-electron chi connectivity index (χ0n) is 10.3. The Morgan fingerprint density at radius 1 is 0.667 bits per heavy atom. The summed E-state index contributed by atoms with van der Waals surface area (Å²) >= 11 is 0. The second-order valence-electron chi connectivity index (χ2n) is 2.87. The van der Waals surface area contributed by atoms with Gasteiger partial charge in [0.25, 0.3) is 0 Å². The number of hydrogen-bond acceptors (Lipinski definition) is 8. The monoisotopic (exact) mass is 290 g/mol. The van der Waals surface area contributed by atoms with Gasteiger partial charge in [0.15, 0.2) is 0 Å². The van der Waals surface area contributed by atoms with Crippen molar-refractivity contribution >= 4 is 20.8 Å². The molecular formula is C6H12Li2O8S2. The van der Waals surface area contributed by atoms with Crippen molar-refractivity contribution in [1.29, 1.82) is 0 Å². The molecule has 0 bridgehead atoms. The first kappa shape index (κ1) is 24.0. The van der Waals surface area contributed by atoms with Crippen LogP contribution in [0.25, 0.3) is 0 Å². The summed E-state index contributed by atoms with van der Waals surface area (Å²) in [6.45, 7) is -0.404. The normalized spacial score (nSPS) is 11.4. The zero-order chi connectivity index (χ0) is 12.7. The molecule has 0 aliphatic heterocycles. The standard InChI is InChI=1S/C6H14O8S2.2Li/c7-15(8,9)13-5-3-1-2-4-6-14-16(10,11)12;;/h1-6H2,(H,7,8,9)(H,10,11,12);;/q;2*+1/p-2. The Balaban J connectivity index is -0.00000112. The van der Waals surface area contributed by atoms with Crippen LogP contribution in [-0.2, 0) is 29.2 Å². The van der Waals surface area contributed by atoms with Crippen LogP contribution in [0, 0.1) is 0 Å². The van der Waals surface area contributed by atoms with E-state index >= 15 is 0 Å². The van der Waals surface area contributed by atoms with Gasteiger partial charge < -0.3 is 9.11 Å². The zero-order valence-corrected chi connectivity index (χ0v) is 12.0. The van der Waals surface area contributed by atoms with Crippen molar-refractivity contribution < 1.29 is 72.0 Å². The largest absolute Gasteiger partial charge is 1.00 e. The first-order chi connectivity index (χ1) is 7.21. The number of hydrogen-bond donors (Lipinski definition) is 0. The van der Waals surface area contributed by atoms with Gasteiger partial charge in [-0.2, -0.15) is 0 Å². The molecule has 0 radical (unpaired) electrons. The molecule has 8 nitrogen and oxygen atoms in total. The molecule has 0 unspecified atom stereocenters. The van der Waals surface area contributed by atoms with Gasteiger partial charge in [0, 0.05) is 0 Å². The van der Waals surface area contributed by atoms with Crippen molar-refractivity contribution in [3.8, 4) is 0 Å². The number of rotatable bonds is 9. The van der Waals surface area contributed by atoms with Crippen LogP contribution in [0.3, 0.4) is 0 Å². The van der Waals surface area contributed by atoms with E-state index in [1.54, 1.807) is 0 Å². The molecule has 0 aromatic heterocycles. The fourth-order valence-corrected chi connectivity index (χ4v) is 1.52. The molecular weight excluding hydrogens is 278 g/mol. The Morgan fingerprint density at radius 2 is 0.944 bits per heavy atom. The maximum Gasteiger partial charge on any atom is 1.00 e. The Kier molecular flexibility index (Phi) is 15.6. The van der Waals surface area contributed by atoms with E-state index in [0.29, 0.717) is 25.7 Å². The number of unbranched alkanes of at least 4 members (excludes halogenated alkanes) is 3. The molecule has 0 aliphatic rings. The molecule has 0 heterocycles. The maximum absolute atomic E-state index is 9.98. The van der Waals surface area contributed by atoms with E-state index in [-0.39, 0.29) is 50.9 Å². The Labute approximate surface area is 131 Å². The molecule has 0 aromatic carbocycles. The SMILES string of the molecule is O=S(=O)([O-])OCCCCCCOS(=O)(=O)[O-].[Li+].[Li+]. The third-order valence-corrected chi connectivity index (χ3v) is 2.40. The van der Waals surface area contributed by atoms with E-state index in [4.69, 9.17) is 0 Å². The van der Waals surface area contributed by atoms with E-state index in [1.807, 2.05) is 0 Å². The van der Waals surface area contributed by atoms with Gasteiger partial charge in [-0.15, -0.1) is 0 Å². The molecule has 12 heteroatoms. The van der Waals surface area contributed by atoms with Crippen molar-refractivity contribution in [1.82, 2.24) is 0 Å². The Morgan fingerprint density at radius 3 is 1.17 bits per heavy atom. The Bertz CT molecular complexity index is 340. The van der Waals surface area contributed by atoms with Crippen LogP contribution in [-0.4, -0.2) is 39.2 Å². The minimum Gasteiger partial charge on any atom is -0.726 e. The minimum atomic E-state index is -4.64. The molecule has 0 saturated carbocycles. The molecule has 0 aliphatic carbocycles. The third-order valence-electron chi connectivity index (χ3n) is 1.49. The predicted molar refractivity (Wildman–Crippen MR) is 49.8 cm³/mol. The summed E-state index contributed by atoms with van der Waals surface area (Å²) in [5.74, 6) is 0. The van der Waals surface area contributed by atoms with E-state index in [1.165, 1.54) is 0 Å². The average molecular weight is 290 g/mol. The molecule has 0 N–H and O–H groups in total. The van der Waals surface area contributed by atoms with Gasteiger partial charge in [0.1, 0.15) is 0 Å². The topological polar surface area (TPSA) is 133 Å². The molecule has 0 atom stereocenters. The second-order valence-corrected chi connectivity index (χ2v) is 4.98.